The number of rotatable bonds is 9. The number of allylic oxidation sites excluding steroid dienone is 2. The summed E-state index contributed by atoms with van der Waals surface area (Å²) in [4.78, 5) is 5.11. The minimum Gasteiger partial charge on any atom is -0.313 e. The Balaban J connectivity index is 0.000000218. The van der Waals surface area contributed by atoms with Gasteiger partial charge in [0.25, 0.3) is 0 Å². The van der Waals surface area contributed by atoms with Crippen LogP contribution in [0, 0.1) is 6.92 Å². The highest BCUT2D eigenvalue weighted by Crippen LogP contribution is 2.50. The van der Waals surface area contributed by atoms with Crippen LogP contribution < -0.4 is 9.80 Å². The fourth-order valence-corrected chi connectivity index (χ4v) is 9.42. The Labute approximate surface area is 383 Å². The molecule has 0 bridgehead atoms. The van der Waals surface area contributed by atoms with E-state index in [0.29, 0.717) is 0 Å². The van der Waals surface area contributed by atoms with Crippen LogP contribution in [-0.2, 0) is 0 Å². The van der Waals surface area contributed by atoms with Crippen molar-refractivity contribution in [1.82, 2.24) is 0 Å². The normalized spacial score (nSPS) is 12.8. The molecule has 2 heteroatoms. The summed E-state index contributed by atoms with van der Waals surface area (Å²) in [6.45, 7) is 2.13. The lowest BCUT2D eigenvalue weighted by Crippen LogP contribution is -2.57. The SMILES string of the molecule is C1=CC(N(c2ccccc2)c2cccc3ccccc23)(N(c2ccccc2)c2cccc3ccccc23)CC=C1c1ccccc1.Cc1cccc(-c2ccccc2-c2ccccc2)c1. The molecule has 1 aliphatic carbocycles. The number of para-hydroxylation sites is 2. The molecule has 0 atom stereocenters. The monoisotopic (exact) mass is 834 g/mol. The molecular weight excluding hydrogens is 785 g/mol. The summed E-state index contributed by atoms with van der Waals surface area (Å²) in [7, 11) is 0. The highest BCUT2D eigenvalue weighted by atomic mass is 15.4. The van der Waals surface area contributed by atoms with Crippen LogP contribution in [-0.4, -0.2) is 5.66 Å². The van der Waals surface area contributed by atoms with Crippen LogP contribution >= 0.6 is 0 Å². The highest BCUT2D eigenvalue weighted by molar-refractivity contribution is 6.00. The van der Waals surface area contributed by atoms with Crippen LogP contribution in [0.2, 0.25) is 0 Å². The molecular formula is C63H50N2. The molecule has 0 aromatic heterocycles. The number of anilines is 4. The van der Waals surface area contributed by atoms with E-state index in [9.17, 15) is 0 Å². The van der Waals surface area contributed by atoms with Crippen molar-refractivity contribution < 1.29 is 0 Å². The van der Waals surface area contributed by atoms with Gasteiger partial charge in [0.15, 0.2) is 0 Å². The molecule has 0 fully saturated rings. The minimum atomic E-state index is -0.658. The Morgan fingerprint density at radius 2 is 0.785 bits per heavy atom. The number of hydrogen-bond acceptors (Lipinski definition) is 2. The van der Waals surface area contributed by atoms with E-state index in [1.807, 2.05) is 0 Å². The molecule has 0 radical (unpaired) electrons. The van der Waals surface area contributed by atoms with E-state index in [1.54, 1.807) is 0 Å². The molecule has 10 aromatic carbocycles. The molecule has 65 heavy (non-hydrogen) atoms. The smallest absolute Gasteiger partial charge is 0.145 e. The van der Waals surface area contributed by atoms with Gasteiger partial charge in [-0.2, -0.15) is 0 Å². The van der Waals surface area contributed by atoms with Crippen molar-refractivity contribution in [2.75, 3.05) is 9.80 Å². The Morgan fingerprint density at radius 3 is 1.29 bits per heavy atom. The van der Waals surface area contributed by atoms with E-state index in [2.05, 4.69) is 290 Å². The molecule has 1 aliphatic rings. The average Bonchev–Trinajstić information content (AvgIpc) is 3.38. The zero-order valence-corrected chi connectivity index (χ0v) is 36.6. The molecule has 0 saturated carbocycles. The molecule has 0 N–H and O–H groups in total. The summed E-state index contributed by atoms with van der Waals surface area (Å²) < 4.78 is 0. The van der Waals surface area contributed by atoms with Crippen LogP contribution in [0.1, 0.15) is 17.5 Å². The number of nitrogens with zero attached hydrogens (tertiary/aromatic N) is 2. The Hall–Kier alpha value is -8.20. The molecule has 10 aromatic rings. The Bertz CT molecular complexity index is 3110. The van der Waals surface area contributed by atoms with Crippen LogP contribution in [0.5, 0.6) is 0 Å². The number of fused-ring (bicyclic) bond motifs is 2. The predicted octanol–water partition coefficient (Wildman–Crippen LogP) is 17.0. The maximum atomic E-state index is 2.55. The van der Waals surface area contributed by atoms with Gasteiger partial charge in [0.05, 0.1) is 11.4 Å². The van der Waals surface area contributed by atoms with Gasteiger partial charge in [-0.1, -0.05) is 236 Å². The third kappa shape index (κ3) is 8.38. The summed E-state index contributed by atoms with van der Waals surface area (Å²) in [5.74, 6) is 0. The van der Waals surface area contributed by atoms with Crippen molar-refractivity contribution in [2.24, 2.45) is 0 Å². The summed E-state index contributed by atoms with van der Waals surface area (Å²) in [5.41, 5.74) is 12.8. The van der Waals surface area contributed by atoms with E-state index in [1.165, 1.54) is 60.5 Å². The summed E-state index contributed by atoms with van der Waals surface area (Å²) >= 11 is 0. The maximum absolute atomic E-state index is 2.55. The molecule has 0 saturated heterocycles. The third-order valence-electron chi connectivity index (χ3n) is 12.4. The predicted molar refractivity (Wildman–Crippen MR) is 278 cm³/mol. The first-order valence-electron chi connectivity index (χ1n) is 22.5. The van der Waals surface area contributed by atoms with Gasteiger partial charge in [0, 0.05) is 28.6 Å². The van der Waals surface area contributed by atoms with E-state index in [-0.39, 0.29) is 0 Å². The topological polar surface area (TPSA) is 6.48 Å². The number of hydrogen-bond donors (Lipinski definition) is 0. The molecule has 0 unspecified atom stereocenters. The lowest BCUT2D eigenvalue weighted by Gasteiger charge is -2.52. The summed E-state index contributed by atoms with van der Waals surface area (Å²) in [5, 5.41) is 4.86. The van der Waals surface area contributed by atoms with Gasteiger partial charge < -0.3 is 9.80 Å². The first-order valence-corrected chi connectivity index (χ1v) is 22.5. The Morgan fingerprint density at radius 1 is 0.369 bits per heavy atom. The second-order valence-electron chi connectivity index (χ2n) is 16.6. The zero-order chi connectivity index (χ0) is 43.8. The van der Waals surface area contributed by atoms with Crippen molar-refractivity contribution >= 4 is 49.9 Å². The molecule has 0 heterocycles. The lowest BCUT2D eigenvalue weighted by atomic mass is 9.87. The zero-order valence-electron chi connectivity index (χ0n) is 36.6. The first kappa shape index (κ1) is 40.8. The quantitative estimate of drug-likeness (QED) is 0.134. The largest absolute Gasteiger partial charge is 0.313 e. The van der Waals surface area contributed by atoms with Crippen molar-refractivity contribution in [3.05, 3.63) is 284 Å². The van der Waals surface area contributed by atoms with E-state index >= 15 is 0 Å². The third-order valence-corrected chi connectivity index (χ3v) is 12.4. The highest BCUT2D eigenvalue weighted by Gasteiger charge is 2.44. The van der Waals surface area contributed by atoms with Crippen molar-refractivity contribution in [1.29, 1.82) is 0 Å². The molecule has 0 amide bonds. The first-order chi connectivity index (χ1) is 32.2. The molecule has 2 nitrogen and oxygen atoms in total. The lowest BCUT2D eigenvalue weighted by molar-refractivity contribution is 0.528. The van der Waals surface area contributed by atoms with Gasteiger partial charge in [-0.25, -0.2) is 0 Å². The molecule has 0 spiro atoms. The van der Waals surface area contributed by atoms with Crippen LogP contribution in [0.15, 0.2) is 273 Å². The number of benzene rings is 10. The van der Waals surface area contributed by atoms with Gasteiger partial charge in [-0.15, -0.1) is 0 Å². The van der Waals surface area contributed by atoms with Gasteiger partial charge in [0.1, 0.15) is 5.66 Å². The molecule has 11 rings (SSSR count). The minimum absolute atomic E-state index is 0.658. The summed E-state index contributed by atoms with van der Waals surface area (Å²) in [6.07, 6.45) is 7.90. The summed E-state index contributed by atoms with van der Waals surface area (Å²) in [6, 6.07) is 91.0. The van der Waals surface area contributed by atoms with Crippen molar-refractivity contribution in [3.63, 3.8) is 0 Å². The van der Waals surface area contributed by atoms with Crippen molar-refractivity contribution in [3.8, 4) is 22.3 Å². The van der Waals surface area contributed by atoms with Crippen LogP contribution in [0.25, 0.3) is 49.4 Å². The van der Waals surface area contributed by atoms with Gasteiger partial charge >= 0.3 is 0 Å². The van der Waals surface area contributed by atoms with Crippen LogP contribution in [0.3, 0.4) is 0 Å². The van der Waals surface area contributed by atoms with Gasteiger partial charge in [-0.05, 0) is 93.6 Å². The van der Waals surface area contributed by atoms with E-state index in [4.69, 9.17) is 0 Å². The molecule has 312 valence electrons. The maximum Gasteiger partial charge on any atom is 0.145 e. The fourth-order valence-electron chi connectivity index (χ4n) is 9.42. The molecule has 0 aliphatic heterocycles. The van der Waals surface area contributed by atoms with E-state index < -0.39 is 5.66 Å². The second-order valence-corrected chi connectivity index (χ2v) is 16.6. The van der Waals surface area contributed by atoms with Gasteiger partial charge in [-0.3, -0.25) is 0 Å². The Kier molecular flexibility index (Phi) is 11.7. The fraction of sp³-hybridized carbons (Fsp3) is 0.0476. The average molecular weight is 835 g/mol. The van der Waals surface area contributed by atoms with Gasteiger partial charge in [0.2, 0.25) is 0 Å². The number of aryl methyl sites for hydroxylation is 1. The van der Waals surface area contributed by atoms with Crippen LogP contribution in [0.4, 0.5) is 22.7 Å². The van der Waals surface area contributed by atoms with E-state index in [0.717, 1.165) is 29.2 Å². The van der Waals surface area contributed by atoms with Crippen molar-refractivity contribution in [2.45, 2.75) is 19.0 Å². The standard InChI is InChI=1S/C44H34N2.C19H16/c1-4-16-34(17-5-1)35-30-32-44(33-31-35,45(38-22-6-2-7-23-38)42-28-14-20-36-18-10-12-26-40(36)42)46(39-24-8-3-9-25-39)43-29-15-21-37-19-11-13-27-41(37)43;1-15-8-7-11-17(14-15)19-13-6-5-12-18(19)16-9-3-2-4-10-16/h1-32H,33H2;2-14H,1H3. The second kappa shape index (κ2) is 18.6.